The summed E-state index contributed by atoms with van der Waals surface area (Å²) in [5, 5.41) is 3.19. The molecule has 1 saturated carbocycles. The Kier molecular flexibility index (Phi) is 5.13. The highest BCUT2D eigenvalue weighted by atomic mass is 32.2. The molecular weight excluding hydrogens is 298 g/mol. The van der Waals surface area contributed by atoms with E-state index < -0.39 is 0 Å². The van der Waals surface area contributed by atoms with Gasteiger partial charge in [-0.3, -0.25) is 4.79 Å². The standard InChI is InChI=1S/C17H23NO3S/c1-12-4-2-3-5-14(12)18-17(19)11-22-13-6-7-15-16(10-13)21-9-8-20-15/h6-7,10,12,14H,2-5,8-9,11H2,1H3,(H,18,19)/t12-,14+/m0/s1. The molecule has 0 radical (unpaired) electrons. The molecule has 0 saturated heterocycles. The molecule has 2 aliphatic rings. The third-order valence-corrected chi connectivity index (χ3v) is 5.34. The predicted molar refractivity (Wildman–Crippen MR) is 87.7 cm³/mol. The first kappa shape index (κ1) is 15.5. The Bertz CT molecular complexity index is 535. The Morgan fingerprint density at radius 2 is 2.00 bits per heavy atom. The summed E-state index contributed by atoms with van der Waals surface area (Å²) in [7, 11) is 0. The van der Waals surface area contributed by atoms with E-state index in [1.807, 2.05) is 18.2 Å². The van der Waals surface area contributed by atoms with Crippen LogP contribution in [0.1, 0.15) is 32.6 Å². The molecule has 0 aromatic heterocycles. The van der Waals surface area contributed by atoms with Crippen LogP contribution < -0.4 is 14.8 Å². The molecule has 0 bridgehead atoms. The van der Waals surface area contributed by atoms with Gasteiger partial charge in [-0.05, 0) is 37.0 Å². The normalized spacial score (nSPS) is 23.9. The Labute approximate surface area is 135 Å². The van der Waals surface area contributed by atoms with E-state index in [2.05, 4.69) is 12.2 Å². The fourth-order valence-electron chi connectivity index (χ4n) is 3.04. The van der Waals surface area contributed by atoms with Crippen LogP contribution in [0.15, 0.2) is 23.1 Å². The van der Waals surface area contributed by atoms with Crippen LogP contribution in [-0.4, -0.2) is 30.9 Å². The van der Waals surface area contributed by atoms with Gasteiger partial charge in [0, 0.05) is 10.9 Å². The van der Waals surface area contributed by atoms with Gasteiger partial charge in [-0.15, -0.1) is 11.8 Å². The van der Waals surface area contributed by atoms with Crippen LogP contribution in [0, 0.1) is 5.92 Å². The first-order valence-electron chi connectivity index (χ1n) is 8.04. The molecule has 1 aliphatic carbocycles. The second-order valence-corrected chi connectivity index (χ2v) is 7.08. The van der Waals surface area contributed by atoms with Crippen molar-refractivity contribution in [1.29, 1.82) is 0 Å². The third-order valence-electron chi connectivity index (χ3n) is 4.34. The van der Waals surface area contributed by atoms with Crippen LogP contribution in [0.4, 0.5) is 0 Å². The second-order valence-electron chi connectivity index (χ2n) is 6.03. The van der Waals surface area contributed by atoms with E-state index in [1.165, 1.54) is 19.3 Å². The maximum atomic E-state index is 12.1. The highest BCUT2D eigenvalue weighted by Gasteiger charge is 2.22. The molecule has 0 spiro atoms. The van der Waals surface area contributed by atoms with Gasteiger partial charge in [-0.25, -0.2) is 0 Å². The summed E-state index contributed by atoms with van der Waals surface area (Å²) in [5.41, 5.74) is 0. The van der Waals surface area contributed by atoms with Gasteiger partial charge in [0.2, 0.25) is 5.91 Å². The number of rotatable bonds is 4. The predicted octanol–water partition coefficient (Wildman–Crippen LogP) is 3.24. The number of thioether (sulfide) groups is 1. The molecule has 5 heteroatoms. The van der Waals surface area contributed by atoms with E-state index in [0.29, 0.717) is 30.9 Å². The van der Waals surface area contributed by atoms with Crippen LogP contribution >= 0.6 is 11.8 Å². The summed E-state index contributed by atoms with van der Waals surface area (Å²) in [6.07, 6.45) is 4.85. The molecule has 0 unspecified atom stereocenters. The van der Waals surface area contributed by atoms with Crippen molar-refractivity contribution in [2.45, 2.75) is 43.5 Å². The van der Waals surface area contributed by atoms with Crippen molar-refractivity contribution >= 4 is 17.7 Å². The largest absolute Gasteiger partial charge is 0.486 e. The summed E-state index contributed by atoms with van der Waals surface area (Å²) in [6, 6.07) is 6.20. The van der Waals surface area contributed by atoms with Crippen molar-refractivity contribution in [3.63, 3.8) is 0 Å². The van der Waals surface area contributed by atoms with Gasteiger partial charge in [0.15, 0.2) is 11.5 Å². The van der Waals surface area contributed by atoms with E-state index in [0.717, 1.165) is 22.8 Å². The molecule has 1 aliphatic heterocycles. The molecule has 120 valence electrons. The quantitative estimate of drug-likeness (QED) is 0.865. The third kappa shape index (κ3) is 3.88. The monoisotopic (exact) mass is 321 g/mol. The molecule has 1 fully saturated rings. The van der Waals surface area contributed by atoms with Gasteiger partial charge >= 0.3 is 0 Å². The van der Waals surface area contributed by atoms with Crippen LogP contribution in [0.5, 0.6) is 11.5 Å². The lowest BCUT2D eigenvalue weighted by atomic mass is 9.86. The number of carbonyl (C=O) groups excluding carboxylic acids is 1. The van der Waals surface area contributed by atoms with E-state index in [9.17, 15) is 4.79 Å². The smallest absolute Gasteiger partial charge is 0.230 e. The van der Waals surface area contributed by atoms with E-state index in [4.69, 9.17) is 9.47 Å². The zero-order valence-electron chi connectivity index (χ0n) is 13.0. The average molecular weight is 321 g/mol. The fraction of sp³-hybridized carbons (Fsp3) is 0.588. The average Bonchev–Trinajstić information content (AvgIpc) is 2.55. The maximum absolute atomic E-state index is 12.1. The van der Waals surface area contributed by atoms with E-state index in [1.54, 1.807) is 11.8 Å². The number of hydrogen-bond donors (Lipinski definition) is 1. The molecule has 1 aromatic carbocycles. The van der Waals surface area contributed by atoms with Crippen molar-refractivity contribution in [3.05, 3.63) is 18.2 Å². The molecular formula is C17H23NO3S. The van der Waals surface area contributed by atoms with Crippen molar-refractivity contribution in [1.82, 2.24) is 5.32 Å². The van der Waals surface area contributed by atoms with Crippen molar-refractivity contribution < 1.29 is 14.3 Å². The number of hydrogen-bond acceptors (Lipinski definition) is 4. The zero-order valence-corrected chi connectivity index (χ0v) is 13.8. The Morgan fingerprint density at radius 1 is 1.23 bits per heavy atom. The lowest BCUT2D eigenvalue weighted by Crippen LogP contribution is -2.41. The van der Waals surface area contributed by atoms with Crippen LogP contribution in [-0.2, 0) is 4.79 Å². The zero-order chi connectivity index (χ0) is 15.4. The Morgan fingerprint density at radius 3 is 2.82 bits per heavy atom. The topological polar surface area (TPSA) is 47.6 Å². The minimum absolute atomic E-state index is 0.124. The highest BCUT2D eigenvalue weighted by Crippen LogP contribution is 2.34. The van der Waals surface area contributed by atoms with Gasteiger partial charge in [0.25, 0.3) is 0 Å². The van der Waals surface area contributed by atoms with Crippen LogP contribution in [0.25, 0.3) is 0 Å². The minimum Gasteiger partial charge on any atom is -0.486 e. The summed E-state index contributed by atoms with van der Waals surface area (Å²) < 4.78 is 11.1. The van der Waals surface area contributed by atoms with Crippen molar-refractivity contribution in [2.75, 3.05) is 19.0 Å². The molecule has 2 atom stereocenters. The molecule has 1 heterocycles. The molecule has 3 rings (SSSR count). The van der Waals surface area contributed by atoms with Crippen molar-refractivity contribution in [3.8, 4) is 11.5 Å². The summed E-state index contributed by atoms with van der Waals surface area (Å²) in [4.78, 5) is 13.2. The molecule has 22 heavy (non-hydrogen) atoms. The SMILES string of the molecule is C[C@H]1CCCC[C@H]1NC(=O)CSc1ccc2c(c1)OCCO2. The Balaban J connectivity index is 1.50. The van der Waals surface area contributed by atoms with Gasteiger partial charge in [-0.2, -0.15) is 0 Å². The van der Waals surface area contributed by atoms with Crippen LogP contribution in [0.2, 0.25) is 0 Å². The molecule has 4 nitrogen and oxygen atoms in total. The lowest BCUT2D eigenvalue weighted by molar-refractivity contribution is -0.119. The number of amides is 1. The Hall–Kier alpha value is -1.36. The lowest BCUT2D eigenvalue weighted by Gasteiger charge is -2.29. The second kappa shape index (κ2) is 7.27. The molecule has 1 amide bonds. The number of nitrogens with one attached hydrogen (secondary N) is 1. The van der Waals surface area contributed by atoms with Gasteiger partial charge in [0.1, 0.15) is 13.2 Å². The molecule has 1 N–H and O–H groups in total. The summed E-state index contributed by atoms with van der Waals surface area (Å²) in [5.74, 6) is 2.73. The first-order chi connectivity index (χ1) is 10.7. The van der Waals surface area contributed by atoms with Gasteiger partial charge < -0.3 is 14.8 Å². The van der Waals surface area contributed by atoms with E-state index in [-0.39, 0.29) is 5.91 Å². The van der Waals surface area contributed by atoms with Crippen molar-refractivity contribution in [2.24, 2.45) is 5.92 Å². The maximum Gasteiger partial charge on any atom is 0.230 e. The molecule has 1 aromatic rings. The fourth-order valence-corrected chi connectivity index (χ4v) is 3.78. The van der Waals surface area contributed by atoms with Gasteiger partial charge in [-0.1, -0.05) is 19.8 Å². The van der Waals surface area contributed by atoms with E-state index >= 15 is 0 Å². The number of ether oxygens (including phenoxy) is 2. The van der Waals surface area contributed by atoms with Gasteiger partial charge in [0.05, 0.1) is 5.75 Å². The number of benzene rings is 1. The number of carbonyl (C=O) groups is 1. The number of fused-ring (bicyclic) bond motifs is 1. The first-order valence-corrected chi connectivity index (χ1v) is 9.03. The minimum atomic E-state index is 0.124. The van der Waals surface area contributed by atoms with Crippen LogP contribution in [0.3, 0.4) is 0 Å². The summed E-state index contributed by atoms with van der Waals surface area (Å²) in [6.45, 7) is 3.42. The highest BCUT2D eigenvalue weighted by molar-refractivity contribution is 8.00. The summed E-state index contributed by atoms with van der Waals surface area (Å²) >= 11 is 1.54.